The van der Waals surface area contributed by atoms with Crippen LogP contribution in [0.1, 0.15) is 33.5 Å². The fourth-order valence-corrected chi connectivity index (χ4v) is 11.9. The summed E-state index contributed by atoms with van der Waals surface area (Å²) < 4.78 is 5.00. The summed E-state index contributed by atoms with van der Waals surface area (Å²) in [6.45, 7) is 6.21. The van der Waals surface area contributed by atoms with Gasteiger partial charge < -0.3 is 9.47 Å². The van der Waals surface area contributed by atoms with Gasteiger partial charge in [-0.15, -0.1) is 11.3 Å². The summed E-state index contributed by atoms with van der Waals surface area (Å²) in [6.07, 6.45) is 6.05. The second-order valence-corrected chi connectivity index (χ2v) is 17.9. The van der Waals surface area contributed by atoms with Crippen LogP contribution in [0.25, 0.3) is 65.1 Å². The van der Waals surface area contributed by atoms with Crippen molar-refractivity contribution in [2.45, 2.75) is 12.3 Å². The highest BCUT2D eigenvalue weighted by molar-refractivity contribution is 7.26. The lowest BCUT2D eigenvalue weighted by atomic mass is 9.68. The number of hydrogen-bond acceptors (Lipinski definition) is 2. The minimum atomic E-state index is -0.483. The lowest BCUT2D eigenvalue weighted by Crippen LogP contribution is -2.28. The van der Waals surface area contributed by atoms with Gasteiger partial charge in [-0.25, -0.2) is 0 Å². The number of fused-ring (bicyclic) bond motifs is 7. The van der Waals surface area contributed by atoms with Crippen molar-refractivity contribution in [2.75, 3.05) is 4.90 Å². The molecule has 0 saturated heterocycles. The molecule has 2 heterocycles. The van der Waals surface area contributed by atoms with Crippen LogP contribution in [-0.2, 0) is 5.41 Å². The van der Waals surface area contributed by atoms with Gasteiger partial charge in [-0.3, -0.25) is 0 Å². The predicted octanol–water partition coefficient (Wildman–Crippen LogP) is 17.0. The smallest absolute Gasteiger partial charge is 0.0713 e. The minimum absolute atomic E-state index is 0.483. The largest absolute Gasteiger partial charge is 0.310 e. The normalized spacial score (nSPS) is 12.8. The molecule has 3 heteroatoms. The molecule has 0 radical (unpaired) electrons. The van der Waals surface area contributed by atoms with Crippen LogP contribution in [0.5, 0.6) is 0 Å². The Morgan fingerprint density at radius 1 is 0.508 bits per heavy atom. The van der Waals surface area contributed by atoms with Crippen molar-refractivity contribution >= 4 is 65.6 Å². The Hall–Kier alpha value is -7.98. The minimum Gasteiger partial charge on any atom is -0.310 e. The van der Waals surface area contributed by atoms with Crippen LogP contribution in [0.4, 0.5) is 17.1 Å². The molecule has 0 saturated carbocycles. The SMILES string of the molecule is C=C/C=C\c1c(C)c2ccccc2n1-c1cccc(N(c2ccc(C3(c4ccccc4)c4ccccc4-c4ccccc43)cc2)c2cccc(-c3cccc4c3sc3ccccc34)c2)c1. The number of benzene rings is 9. The van der Waals surface area contributed by atoms with Crippen molar-refractivity contribution in [3.8, 4) is 27.9 Å². The fraction of sp³-hybridized carbons (Fsp3) is 0.0323. The number of thiophene rings is 1. The van der Waals surface area contributed by atoms with Gasteiger partial charge in [-0.1, -0.05) is 183 Å². The Morgan fingerprint density at radius 2 is 1.11 bits per heavy atom. The van der Waals surface area contributed by atoms with Crippen molar-refractivity contribution in [3.05, 3.63) is 271 Å². The summed E-state index contributed by atoms with van der Waals surface area (Å²) in [7, 11) is 0. The number of anilines is 3. The summed E-state index contributed by atoms with van der Waals surface area (Å²) in [4.78, 5) is 2.42. The van der Waals surface area contributed by atoms with E-state index in [0.29, 0.717) is 0 Å². The molecular weight excluding hydrogens is 805 g/mol. The summed E-state index contributed by atoms with van der Waals surface area (Å²) in [5.41, 5.74) is 17.5. The van der Waals surface area contributed by atoms with Crippen molar-refractivity contribution < 1.29 is 0 Å². The molecule has 2 aromatic heterocycles. The summed E-state index contributed by atoms with van der Waals surface area (Å²) in [5, 5.41) is 3.84. The van der Waals surface area contributed by atoms with Crippen LogP contribution >= 0.6 is 11.3 Å². The van der Waals surface area contributed by atoms with Gasteiger partial charge in [-0.05, 0) is 118 Å². The van der Waals surface area contributed by atoms with Crippen LogP contribution in [0.3, 0.4) is 0 Å². The van der Waals surface area contributed by atoms with Crippen LogP contribution in [0.15, 0.2) is 237 Å². The topological polar surface area (TPSA) is 8.17 Å². The number of rotatable bonds is 9. The Balaban J connectivity index is 1.06. The first-order valence-corrected chi connectivity index (χ1v) is 23.1. The van der Waals surface area contributed by atoms with E-state index in [2.05, 4.69) is 247 Å². The lowest BCUT2D eigenvalue weighted by Gasteiger charge is -2.34. The molecule has 0 amide bonds. The number of nitrogens with zero attached hydrogens (tertiary/aromatic N) is 2. The number of hydrogen-bond donors (Lipinski definition) is 0. The molecule has 1 aliphatic rings. The van der Waals surface area contributed by atoms with Crippen molar-refractivity contribution in [1.29, 1.82) is 0 Å². The molecule has 0 aliphatic heterocycles. The molecule has 0 atom stereocenters. The van der Waals surface area contributed by atoms with Gasteiger partial charge >= 0.3 is 0 Å². The quantitative estimate of drug-likeness (QED) is 0.131. The van der Waals surface area contributed by atoms with Gasteiger partial charge in [0.25, 0.3) is 0 Å². The van der Waals surface area contributed by atoms with E-state index in [4.69, 9.17) is 0 Å². The molecule has 1 aliphatic carbocycles. The lowest BCUT2D eigenvalue weighted by molar-refractivity contribution is 0.768. The molecule has 308 valence electrons. The first-order chi connectivity index (χ1) is 32.1. The third-order valence-electron chi connectivity index (χ3n) is 13.4. The Labute approximate surface area is 384 Å². The standard InChI is InChI=1S/C62H44N2S/c1-3-4-33-58-42(2)50-25-10-14-34-59(50)64(58)49-24-17-23-48(41-49)63(47-22-16-19-43(40-47)51-29-18-30-55-54-28-11-15-35-60(54)65-61(51)55)46-38-36-45(37-39-46)62(44-20-6-5-7-21-44)56-31-12-8-26-52(56)53-27-9-13-32-57(53)62/h3-41H,1H2,2H3/b33-4-. The van der Waals surface area contributed by atoms with Gasteiger partial charge in [0, 0.05) is 54.0 Å². The van der Waals surface area contributed by atoms with Crippen LogP contribution in [-0.4, -0.2) is 4.57 Å². The molecule has 0 fully saturated rings. The van der Waals surface area contributed by atoms with E-state index in [1.807, 2.05) is 23.5 Å². The third-order valence-corrected chi connectivity index (χ3v) is 14.7. The van der Waals surface area contributed by atoms with Gasteiger partial charge in [-0.2, -0.15) is 0 Å². The zero-order valence-corrected chi connectivity index (χ0v) is 36.8. The summed E-state index contributed by atoms with van der Waals surface area (Å²) in [6, 6.07) is 80.5. The molecule has 0 bridgehead atoms. The van der Waals surface area contributed by atoms with E-state index >= 15 is 0 Å². The van der Waals surface area contributed by atoms with Crippen molar-refractivity contribution in [1.82, 2.24) is 4.57 Å². The average Bonchev–Trinajstić information content (AvgIpc) is 4.00. The van der Waals surface area contributed by atoms with Crippen LogP contribution in [0.2, 0.25) is 0 Å². The Kier molecular flexibility index (Phi) is 9.33. The van der Waals surface area contributed by atoms with E-state index in [0.717, 1.165) is 28.4 Å². The first-order valence-electron chi connectivity index (χ1n) is 22.3. The summed E-state index contributed by atoms with van der Waals surface area (Å²) >= 11 is 1.87. The molecule has 0 spiro atoms. The number of para-hydroxylation sites is 1. The number of aryl methyl sites for hydroxylation is 1. The molecular formula is C62H44N2S. The second kappa shape index (κ2) is 15.7. The maximum absolute atomic E-state index is 4.00. The zero-order valence-electron chi connectivity index (χ0n) is 36.0. The first kappa shape index (κ1) is 38.7. The predicted molar refractivity (Wildman–Crippen MR) is 278 cm³/mol. The third kappa shape index (κ3) is 6.08. The number of aromatic nitrogens is 1. The van der Waals surface area contributed by atoms with E-state index in [9.17, 15) is 0 Å². The van der Waals surface area contributed by atoms with Crippen LogP contribution in [0, 0.1) is 6.92 Å². The van der Waals surface area contributed by atoms with E-state index in [1.54, 1.807) is 0 Å². The number of allylic oxidation sites excluding steroid dienone is 2. The van der Waals surface area contributed by atoms with Crippen molar-refractivity contribution in [2.24, 2.45) is 0 Å². The molecule has 0 N–H and O–H groups in total. The van der Waals surface area contributed by atoms with E-state index in [-0.39, 0.29) is 0 Å². The monoisotopic (exact) mass is 848 g/mol. The zero-order chi connectivity index (χ0) is 43.5. The summed E-state index contributed by atoms with van der Waals surface area (Å²) in [5.74, 6) is 0. The highest BCUT2D eigenvalue weighted by Crippen LogP contribution is 2.56. The highest BCUT2D eigenvalue weighted by atomic mass is 32.1. The van der Waals surface area contributed by atoms with Gasteiger partial charge in [0.2, 0.25) is 0 Å². The Bertz CT molecular complexity index is 3600. The van der Waals surface area contributed by atoms with Crippen molar-refractivity contribution in [3.63, 3.8) is 0 Å². The highest BCUT2D eigenvalue weighted by Gasteiger charge is 2.45. The molecule has 65 heavy (non-hydrogen) atoms. The van der Waals surface area contributed by atoms with Gasteiger partial charge in [0.15, 0.2) is 0 Å². The van der Waals surface area contributed by atoms with E-state index in [1.165, 1.54) is 81.1 Å². The Morgan fingerprint density at radius 3 is 1.88 bits per heavy atom. The average molecular weight is 849 g/mol. The molecule has 9 aromatic carbocycles. The molecule has 11 aromatic rings. The van der Waals surface area contributed by atoms with Crippen LogP contribution < -0.4 is 4.90 Å². The van der Waals surface area contributed by atoms with Gasteiger partial charge in [0.05, 0.1) is 10.9 Å². The fourth-order valence-electron chi connectivity index (χ4n) is 10.6. The second-order valence-electron chi connectivity index (χ2n) is 16.9. The maximum atomic E-state index is 4.00. The van der Waals surface area contributed by atoms with Gasteiger partial charge in [0.1, 0.15) is 0 Å². The molecule has 2 nitrogen and oxygen atoms in total. The van der Waals surface area contributed by atoms with E-state index < -0.39 is 5.41 Å². The molecule has 0 unspecified atom stereocenters. The maximum Gasteiger partial charge on any atom is 0.0713 e. The molecule has 12 rings (SSSR count).